The molecular weight excluding hydrogens is 231 g/mol. The molecule has 3 atom stereocenters. The zero-order valence-electron chi connectivity index (χ0n) is 10.5. The van der Waals surface area contributed by atoms with Gasteiger partial charge in [0.05, 0.1) is 6.04 Å². The van der Waals surface area contributed by atoms with Crippen molar-refractivity contribution in [3.05, 3.63) is 35.6 Å². The summed E-state index contributed by atoms with van der Waals surface area (Å²) in [5, 5.41) is 2.96. The topological polar surface area (TPSA) is 55.1 Å². The van der Waals surface area contributed by atoms with Crippen LogP contribution in [0.2, 0.25) is 0 Å². The van der Waals surface area contributed by atoms with Crippen LogP contribution in [0.4, 0.5) is 4.39 Å². The van der Waals surface area contributed by atoms with Crippen molar-refractivity contribution in [2.24, 2.45) is 11.7 Å². The molecule has 0 aliphatic heterocycles. The lowest BCUT2D eigenvalue weighted by molar-refractivity contribution is -0.125. The quantitative estimate of drug-likeness (QED) is 0.863. The third-order valence-electron chi connectivity index (χ3n) is 3.57. The first-order valence-electron chi connectivity index (χ1n) is 6.37. The van der Waals surface area contributed by atoms with Gasteiger partial charge in [-0.2, -0.15) is 0 Å². The predicted octanol–water partition coefficient (Wildman–Crippen LogP) is 2.13. The van der Waals surface area contributed by atoms with Gasteiger partial charge in [-0.1, -0.05) is 12.1 Å². The van der Waals surface area contributed by atoms with Crippen LogP contribution in [-0.2, 0) is 4.79 Å². The van der Waals surface area contributed by atoms with Crippen LogP contribution in [0.5, 0.6) is 0 Å². The molecule has 1 aromatic carbocycles. The molecule has 4 heteroatoms. The third-order valence-corrected chi connectivity index (χ3v) is 3.57. The zero-order valence-corrected chi connectivity index (χ0v) is 10.5. The molecule has 2 rings (SSSR count). The average Bonchev–Trinajstić information content (AvgIpc) is 2.76. The van der Waals surface area contributed by atoms with Gasteiger partial charge in [0.1, 0.15) is 5.82 Å². The van der Waals surface area contributed by atoms with E-state index in [2.05, 4.69) is 5.32 Å². The van der Waals surface area contributed by atoms with E-state index in [1.165, 1.54) is 12.1 Å². The molecule has 0 bridgehead atoms. The van der Waals surface area contributed by atoms with Gasteiger partial charge < -0.3 is 11.1 Å². The molecule has 18 heavy (non-hydrogen) atoms. The lowest BCUT2D eigenvalue weighted by Gasteiger charge is -2.17. The third kappa shape index (κ3) is 3.07. The fourth-order valence-corrected chi connectivity index (χ4v) is 2.42. The van der Waals surface area contributed by atoms with Gasteiger partial charge >= 0.3 is 0 Å². The van der Waals surface area contributed by atoms with E-state index in [9.17, 15) is 9.18 Å². The van der Waals surface area contributed by atoms with Crippen LogP contribution in [0.1, 0.15) is 37.8 Å². The summed E-state index contributed by atoms with van der Waals surface area (Å²) in [4.78, 5) is 12.0. The number of hydrogen-bond acceptors (Lipinski definition) is 2. The first-order valence-corrected chi connectivity index (χ1v) is 6.37. The molecule has 0 saturated heterocycles. The minimum absolute atomic E-state index is 0.0305. The van der Waals surface area contributed by atoms with E-state index < -0.39 is 0 Å². The number of carbonyl (C=O) groups excluding carboxylic acids is 1. The van der Waals surface area contributed by atoms with Crippen molar-refractivity contribution >= 4 is 5.91 Å². The molecule has 0 aromatic heterocycles. The summed E-state index contributed by atoms with van der Waals surface area (Å²) >= 11 is 0. The van der Waals surface area contributed by atoms with Crippen LogP contribution in [-0.4, -0.2) is 11.9 Å². The van der Waals surface area contributed by atoms with Crippen LogP contribution in [0.3, 0.4) is 0 Å². The normalized spacial score (nSPS) is 24.8. The Kier molecular flexibility index (Phi) is 3.97. The molecule has 1 saturated carbocycles. The van der Waals surface area contributed by atoms with E-state index in [-0.39, 0.29) is 29.7 Å². The summed E-state index contributed by atoms with van der Waals surface area (Å²) in [7, 11) is 0. The molecule has 98 valence electrons. The second kappa shape index (κ2) is 5.48. The lowest BCUT2D eigenvalue weighted by Crippen LogP contribution is -2.32. The van der Waals surface area contributed by atoms with E-state index >= 15 is 0 Å². The van der Waals surface area contributed by atoms with Crippen LogP contribution in [0.25, 0.3) is 0 Å². The Hall–Kier alpha value is -1.42. The minimum Gasteiger partial charge on any atom is -0.349 e. The van der Waals surface area contributed by atoms with Crippen molar-refractivity contribution in [3.63, 3.8) is 0 Å². The highest BCUT2D eigenvalue weighted by atomic mass is 19.1. The van der Waals surface area contributed by atoms with E-state index in [4.69, 9.17) is 5.73 Å². The molecule has 1 aromatic rings. The summed E-state index contributed by atoms with van der Waals surface area (Å²) in [6.07, 6.45) is 2.55. The van der Waals surface area contributed by atoms with Crippen molar-refractivity contribution < 1.29 is 9.18 Å². The molecule has 1 aliphatic rings. The summed E-state index contributed by atoms with van der Waals surface area (Å²) in [6.45, 7) is 1.90. The van der Waals surface area contributed by atoms with Gasteiger partial charge in [0.2, 0.25) is 5.91 Å². The van der Waals surface area contributed by atoms with Gasteiger partial charge in [0.25, 0.3) is 0 Å². The highest BCUT2D eigenvalue weighted by Gasteiger charge is 2.28. The molecule has 3 N–H and O–H groups in total. The second-order valence-electron chi connectivity index (χ2n) is 5.05. The van der Waals surface area contributed by atoms with Gasteiger partial charge in [0, 0.05) is 12.0 Å². The minimum atomic E-state index is -0.265. The summed E-state index contributed by atoms with van der Waals surface area (Å²) in [6, 6.07) is 6.26. The number of carbonyl (C=O) groups is 1. The standard InChI is InChI=1S/C14H19FN2O/c1-9(10-2-5-12(15)6-3-10)17-14(18)11-4-7-13(16)8-11/h2-3,5-6,9,11,13H,4,7-8,16H2,1H3,(H,17,18)/t9-,11?,13?/m0/s1. The Labute approximate surface area is 107 Å². The summed E-state index contributed by atoms with van der Waals surface area (Å²) in [5.41, 5.74) is 6.71. The van der Waals surface area contributed by atoms with Crippen molar-refractivity contribution in [2.75, 3.05) is 0 Å². The van der Waals surface area contributed by atoms with Crippen LogP contribution in [0, 0.1) is 11.7 Å². The number of halogens is 1. The lowest BCUT2D eigenvalue weighted by atomic mass is 10.0. The Morgan fingerprint density at radius 2 is 2.06 bits per heavy atom. The molecule has 1 fully saturated rings. The number of rotatable bonds is 3. The number of nitrogens with one attached hydrogen (secondary N) is 1. The summed E-state index contributed by atoms with van der Waals surface area (Å²) in [5.74, 6) is -0.179. The van der Waals surface area contributed by atoms with E-state index in [1.807, 2.05) is 6.92 Å². The van der Waals surface area contributed by atoms with E-state index in [0.717, 1.165) is 24.8 Å². The largest absolute Gasteiger partial charge is 0.349 e. The first-order chi connectivity index (χ1) is 8.56. The Balaban J connectivity index is 1.92. The second-order valence-corrected chi connectivity index (χ2v) is 5.05. The van der Waals surface area contributed by atoms with Gasteiger partial charge in [-0.3, -0.25) is 4.79 Å². The van der Waals surface area contributed by atoms with E-state index in [1.54, 1.807) is 12.1 Å². The number of amides is 1. The zero-order chi connectivity index (χ0) is 13.1. The van der Waals surface area contributed by atoms with Crippen LogP contribution >= 0.6 is 0 Å². The van der Waals surface area contributed by atoms with Gasteiger partial charge in [-0.15, -0.1) is 0 Å². The molecule has 1 amide bonds. The molecule has 0 heterocycles. The Bertz CT molecular complexity index is 418. The Morgan fingerprint density at radius 1 is 1.39 bits per heavy atom. The van der Waals surface area contributed by atoms with Crippen molar-refractivity contribution in [3.8, 4) is 0 Å². The monoisotopic (exact) mass is 250 g/mol. The molecule has 1 aliphatic carbocycles. The molecule has 0 spiro atoms. The number of nitrogens with two attached hydrogens (primary N) is 1. The maximum absolute atomic E-state index is 12.8. The predicted molar refractivity (Wildman–Crippen MR) is 68.3 cm³/mol. The van der Waals surface area contributed by atoms with E-state index in [0.29, 0.717) is 0 Å². The fourth-order valence-electron chi connectivity index (χ4n) is 2.42. The van der Waals surface area contributed by atoms with Gasteiger partial charge in [-0.05, 0) is 43.9 Å². The summed E-state index contributed by atoms with van der Waals surface area (Å²) < 4.78 is 12.8. The highest BCUT2D eigenvalue weighted by Crippen LogP contribution is 2.25. The van der Waals surface area contributed by atoms with Crippen molar-refractivity contribution in [2.45, 2.75) is 38.3 Å². The fraction of sp³-hybridized carbons (Fsp3) is 0.500. The average molecular weight is 250 g/mol. The number of hydrogen-bond donors (Lipinski definition) is 2. The van der Waals surface area contributed by atoms with Gasteiger partial charge in [0.15, 0.2) is 0 Å². The van der Waals surface area contributed by atoms with Crippen LogP contribution < -0.4 is 11.1 Å². The highest BCUT2D eigenvalue weighted by molar-refractivity contribution is 5.79. The Morgan fingerprint density at radius 3 is 2.61 bits per heavy atom. The van der Waals surface area contributed by atoms with Crippen molar-refractivity contribution in [1.29, 1.82) is 0 Å². The maximum Gasteiger partial charge on any atom is 0.223 e. The smallest absolute Gasteiger partial charge is 0.223 e. The molecule has 2 unspecified atom stereocenters. The molecule has 3 nitrogen and oxygen atoms in total. The SMILES string of the molecule is C[C@H](NC(=O)C1CCC(N)C1)c1ccc(F)cc1. The maximum atomic E-state index is 12.8. The van der Waals surface area contributed by atoms with Crippen molar-refractivity contribution in [1.82, 2.24) is 5.32 Å². The first kappa shape index (κ1) is 13.0. The van der Waals surface area contributed by atoms with Crippen LogP contribution in [0.15, 0.2) is 24.3 Å². The molecule has 0 radical (unpaired) electrons. The molecular formula is C14H19FN2O. The van der Waals surface area contributed by atoms with Gasteiger partial charge in [-0.25, -0.2) is 4.39 Å². The number of benzene rings is 1.